The fourth-order valence-electron chi connectivity index (χ4n) is 2.42. The first-order valence-corrected chi connectivity index (χ1v) is 7.83. The highest BCUT2D eigenvalue weighted by Crippen LogP contribution is 2.38. The molecule has 0 saturated heterocycles. The van der Waals surface area contributed by atoms with Gasteiger partial charge in [-0.05, 0) is 36.6 Å². The third kappa shape index (κ3) is 4.79. The molecule has 2 atom stereocenters. The number of nitrogens with zero attached hydrogens (tertiary/aromatic N) is 1. The lowest BCUT2D eigenvalue weighted by atomic mass is 10.1. The maximum absolute atomic E-state index is 12.4. The van der Waals surface area contributed by atoms with Gasteiger partial charge in [0.25, 0.3) is 5.91 Å². The quantitative estimate of drug-likeness (QED) is 0.750. The summed E-state index contributed by atoms with van der Waals surface area (Å²) in [6, 6.07) is 6.45. The minimum atomic E-state index is -1.08. The van der Waals surface area contributed by atoms with Gasteiger partial charge < -0.3 is 20.1 Å². The summed E-state index contributed by atoms with van der Waals surface area (Å²) < 4.78 is 4.91. The van der Waals surface area contributed by atoms with Crippen molar-refractivity contribution in [3.8, 4) is 0 Å². The molecule has 1 aliphatic carbocycles. The first-order valence-electron chi connectivity index (χ1n) is 7.83. The van der Waals surface area contributed by atoms with Crippen LogP contribution in [0.3, 0.4) is 0 Å². The number of carboxylic acids is 1. The summed E-state index contributed by atoms with van der Waals surface area (Å²) in [5, 5.41) is 11.7. The zero-order valence-electron chi connectivity index (χ0n) is 13.8. The summed E-state index contributed by atoms with van der Waals surface area (Å²) >= 11 is 0. The summed E-state index contributed by atoms with van der Waals surface area (Å²) in [7, 11) is 1.49. The number of hydrogen-bond donors (Lipinski definition) is 2. The molecule has 0 bridgehead atoms. The van der Waals surface area contributed by atoms with E-state index in [1.165, 1.54) is 12.0 Å². The van der Waals surface area contributed by atoms with Crippen LogP contribution in [0.5, 0.6) is 0 Å². The number of ether oxygens (including phenoxy) is 1. The van der Waals surface area contributed by atoms with Crippen LogP contribution in [0, 0.1) is 11.8 Å². The van der Waals surface area contributed by atoms with Crippen molar-refractivity contribution in [3.63, 3.8) is 0 Å². The Bertz CT molecular complexity index is 614. The van der Waals surface area contributed by atoms with E-state index in [9.17, 15) is 14.4 Å². The molecular weight excluding hydrogens is 312 g/mol. The molecule has 1 saturated carbocycles. The molecule has 130 valence electrons. The maximum atomic E-state index is 12.4. The molecule has 7 nitrogen and oxygen atoms in total. The fourth-order valence-corrected chi connectivity index (χ4v) is 2.42. The molecule has 1 aliphatic rings. The number of aliphatic carboxylic acids is 1. The van der Waals surface area contributed by atoms with E-state index in [4.69, 9.17) is 9.84 Å². The van der Waals surface area contributed by atoms with Gasteiger partial charge in [-0.25, -0.2) is 0 Å². The summed E-state index contributed by atoms with van der Waals surface area (Å²) in [6.07, 6.45) is 0.909. The zero-order valence-corrected chi connectivity index (χ0v) is 13.8. The number of amides is 2. The molecule has 7 heteroatoms. The molecule has 0 aliphatic heterocycles. The van der Waals surface area contributed by atoms with Gasteiger partial charge in [0.2, 0.25) is 5.91 Å². The van der Waals surface area contributed by atoms with Gasteiger partial charge in [-0.15, -0.1) is 0 Å². The van der Waals surface area contributed by atoms with Crippen LogP contribution >= 0.6 is 0 Å². The first kappa shape index (κ1) is 17.9. The van der Waals surface area contributed by atoms with Gasteiger partial charge in [0.05, 0.1) is 6.61 Å². The normalized spacial score (nSPS) is 18.8. The van der Waals surface area contributed by atoms with Gasteiger partial charge in [0.1, 0.15) is 6.54 Å². The van der Waals surface area contributed by atoms with Crippen LogP contribution in [0.2, 0.25) is 0 Å². The minimum Gasteiger partial charge on any atom is -0.480 e. The number of rotatable bonds is 8. The van der Waals surface area contributed by atoms with E-state index in [1.807, 2.05) is 6.92 Å². The number of benzene rings is 1. The Balaban J connectivity index is 2.00. The standard InChI is InChI=1S/C17H22N2O5/c1-11-9-14(11)16(22)18-13-5-3-12(4-6-13)17(23)19(7-8-24-2)10-15(20)21/h3-6,11,14H,7-10H2,1-2H3,(H,18,22)(H,20,21). The SMILES string of the molecule is COCCN(CC(=O)O)C(=O)c1ccc(NC(=O)C2CC2C)cc1. The second-order valence-corrected chi connectivity index (χ2v) is 6.00. The zero-order chi connectivity index (χ0) is 17.7. The van der Waals surface area contributed by atoms with Crippen molar-refractivity contribution in [2.75, 3.05) is 32.1 Å². The van der Waals surface area contributed by atoms with E-state index in [0.29, 0.717) is 17.2 Å². The van der Waals surface area contributed by atoms with Crippen LogP contribution in [-0.2, 0) is 14.3 Å². The third-order valence-corrected chi connectivity index (χ3v) is 4.02. The van der Waals surface area contributed by atoms with Gasteiger partial charge in [0.15, 0.2) is 0 Å². The van der Waals surface area contributed by atoms with Crippen LogP contribution in [-0.4, -0.2) is 54.6 Å². The molecule has 2 rings (SSSR count). The highest BCUT2D eigenvalue weighted by atomic mass is 16.5. The molecule has 0 heterocycles. The van der Waals surface area contributed by atoms with Crippen molar-refractivity contribution in [2.24, 2.45) is 11.8 Å². The van der Waals surface area contributed by atoms with Crippen molar-refractivity contribution < 1.29 is 24.2 Å². The summed E-state index contributed by atoms with van der Waals surface area (Å²) in [5.74, 6) is -0.971. The van der Waals surface area contributed by atoms with Gasteiger partial charge in [-0.1, -0.05) is 6.92 Å². The number of hydrogen-bond acceptors (Lipinski definition) is 4. The van der Waals surface area contributed by atoms with Crippen molar-refractivity contribution >= 4 is 23.5 Å². The highest BCUT2D eigenvalue weighted by Gasteiger charge is 2.39. The molecule has 1 aromatic carbocycles. The lowest BCUT2D eigenvalue weighted by Crippen LogP contribution is -2.38. The van der Waals surface area contributed by atoms with E-state index in [0.717, 1.165) is 6.42 Å². The van der Waals surface area contributed by atoms with Crippen LogP contribution in [0.1, 0.15) is 23.7 Å². The van der Waals surface area contributed by atoms with Crippen LogP contribution in [0.4, 0.5) is 5.69 Å². The lowest BCUT2D eigenvalue weighted by molar-refractivity contribution is -0.137. The second-order valence-electron chi connectivity index (χ2n) is 6.00. The van der Waals surface area contributed by atoms with Gasteiger partial charge >= 0.3 is 5.97 Å². The van der Waals surface area contributed by atoms with Gasteiger partial charge in [0, 0.05) is 30.8 Å². The van der Waals surface area contributed by atoms with Gasteiger partial charge in [-0.2, -0.15) is 0 Å². The highest BCUT2D eigenvalue weighted by molar-refractivity contribution is 5.97. The van der Waals surface area contributed by atoms with Crippen LogP contribution in [0.25, 0.3) is 0 Å². The average Bonchev–Trinajstić information content (AvgIpc) is 3.28. The maximum Gasteiger partial charge on any atom is 0.323 e. The Morgan fingerprint density at radius 2 is 1.92 bits per heavy atom. The monoisotopic (exact) mass is 334 g/mol. The average molecular weight is 334 g/mol. The molecule has 2 amide bonds. The Labute approximate surface area is 140 Å². The smallest absolute Gasteiger partial charge is 0.323 e. The largest absolute Gasteiger partial charge is 0.480 e. The van der Waals surface area contributed by atoms with Crippen molar-refractivity contribution in [1.29, 1.82) is 0 Å². The van der Waals surface area contributed by atoms with E-state index in [2.05, 4.69) is 5.32 Å². The second kappa shape index (κ2) is 7.92. The predicted molar refractivity (Wildman–Crippen MR) is 87.8 cm³/mol. The molecule has 24 heavy (non-hydrogen) atoms. The Hall–Kier alpha value is -2.41. The molecule has 0 aromatic heterocycles. The molecule has 0 spiro atoms. The molecule has 1 aromatic rings. The van der Waals surface area contributed by atoms with Crippen molar-refractivity contribution in [3.05, 3.63) is 29.8 Å². The molecule has 0 radical (unpaired) electrons. The van der Waals surface area contributed by atoms with Crippen molar-refractivity contribution in [2.45, 2.75) is 13.3 Å². The number of anilines is 1. The third-order valence-electron chi connectivity index (χ3n) is 4.02. The van der Waals surface area contributed by atoms with E-state index < -0.39 is 5.97 Å². The predicted octanol–water partition coefficient (Wildman–Crippen LogP) is 1.45. The summed E-state index contributed by atoms with van der Waals surface area (Å²) in [5.41, 5.74) is 0.988. The van der Waals surface area contributed by atoms with Crippen molar-refractivity contribution in [1.82, 2.24) is 4.90 Å². The topological polar surface area (TPSA) is 95.9 Å². The van der Waals surface area contributed by atoms with E-state index in [-0.39, 0.29) is 37.4 Å². The van der Waals surface area contributed by atoms with E-state index >= 15 is 0 Å². The number of carbonyl (C=O) groups excluding carboxylic acids is 2. The number of carbonyl (C=O) groups is 3. The fraction of sp³-hybridized carbons (Fsp3) is 0.471. The number of methoxy groups -OCH3 is 1. The molecule has 2 unspecified atom stereocenters. The number of nitrogens with one attached hydrogen (secondary N) is 1. The van der Waals surface area contributed by atoms with Gasteiger partial charge in [-0.3, -0.25) is 14.4 Å². The minimum absolute atomic E-state index is 0.00539. The van der Waals surface area contributed by atoms with Crippen LogP contribution < -0.4 is 5.32 Å². The number of carboxylic acid groups (broad SMARTS) is 1. The summed E-state index contributed by atoms with van der Waals surface area (Å²) in [6.45, 7) is 2.09. The summed E-state index contributed by atoms with van der Waals surface area (Å²) in [4.78, 5) is 36.4. The lowest BCUT2D eigenvalue weighted by Gasteiger charge is -2.20. The first-order chi connectivity index (χ1) is 11.4. The van der Waals surface area contributed by atoms with E-state index in [1.54, 1.807) is 24.3 Å². The molecular formula is C17H22N2O5. The molecule has 2 N–H and O–H groups in total. The molecule has 1 fully saturated rings. The van der Waals surface area contributed by atoms with Crippen LogP contribution in [0.15, 0.2) is 24.3 Å². The Morgan fingerprint density at radius 1 is 1.29 bits per heavy atom. The Morgan fingerprint density at radius 3 is 2.42 bits per heavy atom. The Kier molecular flexibility index (Phi) is 5.92.